The van der Waals surface area contributed by atoms with E-state index >= 15 is 0 Å². The summed E-state index contributed by atoms with van der Waals surface area (Å²) < 4.78 is 5.58. The van der Waals surface area contributed by atoms with Crippen molar-refractivity contribution in [2.45, 2.75) is 6.61 Å². The van der Waals surface area contributed by atoms with Crippen LogP contribution in [0.4, 0.5) is 0 Å². The fraction of sp³-hybridized carbons (Fsp3) is 0.0769. The molecule has 0 heterocycles. The molecule has 0 fully saturated rings. The predicted molar refractivity (Wildman–Crippen MR) is 57.7 cm³/mol. The molecule has 2 aromatic rings. The molecule has 0 spiro atoms. The molecule has 1 N–H and O–H groups in total. The van der Waals surface area contributed by atoms with Crippen molar-refractivity contribution in [2.24, 2.45) is 0 Å². The molecule has 2 rings (SSSR count). The molecule has 0 aliphatic heterocycles. The van der Waals surface area contributed by atoms with Gasteiger partial charge < -0.3 is 9.84 Å². The first-order chi connectivity index (χ1) is 7.38. The zero-order chi connectivity index (χ0) is 10.5. The van der Waals surface area contributed by atoms with Crippen molar-refractivity contribution in [2.75, 3.05) is 0 Å². The Bertz CT molecular complexity index is 406. The van der Waals surface area contributed by atoms with E-state index in [2.05, 4.69) is 6.07 Å². The molecule has 0 aliphatic rings. The molecule has 1 radical (unpaired) electrons. The summed E-state index contributed by atoms with van der Waals surface area (Å²) >= 11 is 0. The van der Waals surface area contributed by atoms with Crippen LogP contribution in [0, 0.1) is 6.07 Å². The second-order valence-corrected chi connectivity index (χ2v) is 3.14. The minimum absolute atomic E-state index is 0.0561. The van der Waals surface area contributed by atoms with E-state index in [0.717, 1.165) is 17.1 Å². The second-order valence-electron chi connectivity index (χ2n) is 3.14. The quantitative estimate of drug-likeness (QED) is 0.823. The zero-order valence-electron chi connectivity index (χ0n) is 8.18. The Kier molecular flexibility index (Phi) is 3.00. The van der Waals surface area contributed by atoms with E-state index in [9.17, 15) is 0 Å². The SMILES string of the molecule is OCc1ccc(Oc2cc[c]cc2)cc1. The highest BCUT2D eigenvalue weighted by Crippen LogP contribution is 2.20. The van der Waals surface area contributed by atoms with Gasteiger partial charge in [-0.1, -0.05) is 24.3 Å². The van der Waals surface area contributed by atoms with E-state index in [0.29, 0.717) is 0 Å². The van der Waals surface area contributed by atoms with Crippen LogP contribution < -0.4 is 4.74 Å². The van der Waals surface area contributed by atoms with Crippen molar-refractivity contribution in [1.29, 1.82) is 0 Å². The number of hydrogen-bond donors (Lipinski definition) is 1. The molecule has 0 bridgehead atoms. The van der Waals surface area contributed by atoms with Crippen LogP contribution >= 0.6 is 0 Å². The number of aliphatic hydroxyl groups is 1. The molecular weight excluding hydrogens is 188 g/mol. The van der Waals surface area contributed by atoms with Crippen LogP contribution in [0.3, 0.4) is 0 Å². The van der Waals surface area contributed by atoms with Gasteiger partial charge in [0.05, 0.1) is 6.61 Å². The normalized spacial score (nSPS) is 9.93. The minimum Gasteiger partial charge on any atom is -0.457 e. The lowest BCUT2D eigenvalue weighted by atomic mass is 10.2. The molecule has 15 heavy (non-hydrogen) atoms. The van der Waals surface area contributed by atoms with Gasteiger partial charge in [-0.15, -0.1) is 0 Å². The molecule has 2 heteroatoms. The fourth-order valence-electron chi connectivity index (χ4n) is 1.24. The summed E-state index contributed by atoms with van der Waals surface area (Å²) in [6.07, 6.45) is 0. The Morgan fingerprint density at radius 2 is 1.53 bits per heavy atom. The summed E-state index contributed by atoms with van der Waals surface area (Å²) in [5.74, 6) is 1.55. The summed E-state index contributed by atoms with van der Waals surface area (Å²) in [7, 11) is 0. The maximum atomic E-state index is 8.87. The van der Waals surface area contributed by atoms with E-state index < -0.39 is 0 Å². The van der Waals surface area contributed by atoms with E-state index in [1.54, 1.807) is 12.1 Å². The van der Waals surface area contributed by atoms with Crippen LogP contribution in [-0.4, -0.2) is 5.11 Å². The number of rotatable bonds is 3. The minimum atomic E-state index is 0.0561. The predicted octanol–water partition coefficient (Wildman–Crippen LogP) is 2.77. The molecule has 0 unspecified atom stereocenters. The zero-order valence-corrected chi connectivity index (χ0v) is 8.18. The van der Waals surface area contributed by atoms with Crippen LogP contribution in [0.15, 0.2) is 48.5 Å². The molecule has 0 amide bonds. The van der Waals surface area contributed by atoms with Gasteiger partial charge >= 0.3 is 0 Å². The summed E-state index contributed by atoms with van der Waals surface area (Å²) in [6.45, 7) is 0.0561. The molecule has 2 aromatic carbocycles. The van der Waals surface area contributed by atoms with Gasteiger partial charge in [0.25, 0.3) is 0 Å². The van der Waals surface area contributed by atoms with Crippen LogP contribution in [0.1, 0.15) is 5.56 Å². The average molecular weight is 199 g/mol. The van der Waals surface area contributed by atoms with Crippen molar-refractivity contribution in [1.82, 2.24) is 0 Å². The van der Waals surface area contributed by atoms with Gasteiger partial charge in [0, 0.05) is 0 Å². The maximum absolute atomic E-state index is 8.87. The van der Waals surface area contributed by atoms with Crippen molar-refractivity contribution < 1.29 is 9.84 Å². The van der Waals surface area contributed by atoms with E-state index in [4.69, 9.17) is 9.84 Å². The lowest BCUT2D eigenvalue weighted by molar-refractivity contribution is 0.281. The summed E-state index contributed by atoms with van der Waals surface area (Å²) in [6, 6.07) is 17.6. The van der Waals surface area contributed by atoms with Crippen molar-refractivity contribution in [3.63, 3.8) is 0 Å². The molecule has 0 aliphatic carbocycles. The van der Waals surface area contributed by atoms with Gasteiger partial charge in [0.15, 0.2) is 0 Å². The van der Waals surface area contributed by atoms with Crippen LogP contribution in [-0.2, 0) is 6.61 Å². The Labute approximate surface area is 88.8 Å². The molecule has 75 valence electrons. The number of ether oxygens (including phenoxy) is 1. The van der Waals surface area contributed by atoms with Crippen LogP contribution in [0.25, 0.3) is 0 Å². The summed E-state index contributed by atoms with van der Waals surface area (Å²) in [5, 5.41) is 8.87. The first-order valence-electron chi connectivity index (χ1n) is 4.72. The average Bonchev–Trinajstić information content (AvgIpc) is 2.31. The summed E-state index contributed by atoms with van der Waals surface area (Å²) in [4.78, 5) is 0. The topological polar surface area (TPSA) is 29.5 Å². The Morgan fingerprint density at radius 3 is 2.13 bits per heavy atom. The van der Waals surface area contributed by atoms with Crippen molar-refractivity contribution in [3.8, 4) is 11.5 Å². The molecule has 0 aromatic heterocycles. The largest absolute Gasteiger partial charge is 0.457 e. The van der Waals surface area contributed by atoms with Gasteiger partial charge in [0.1, 0.15) is 11.5 Å². The number of benzene rings is 2. The van der Waals surface area contributed by atoms with Crippen molar-refractivity contribution in [3.05, 3.63) is 60.2 Å². The Morgan fingerprint density at radius 1 is 0.933 bits per heavy atom. The Hall–Kier alpha value is -1.80. The molecule has 2 nitrogen and oxygen atoms in total. The molecule has 0 saturated heterocycles. The number of hydrogen-bond acceptors (Lipinski definition) is 2. The maximum Gasteiger partial charge on any atom is 0.127 e. The smallest absolute Gasteiger partial charge is 0.127 e. The van der Waals surface area contributed by atoms with Gasteiger partial charge in [-0.05, 0) is 35.9 Å². The van der Waals surface area contributed by atoms with Crippen LogP contribution in [0.5, 0.6) is 11.5 Å². The van der Waals surface area contributed by atoms with E-state index in [1.165, 1.54) is 0 Å². The van der Waals surface area contributed by atoms with Gasteiger partial charge in [-0.3, -0.25) is 0 Å². The van der Waals surface area contributed by atoms with Crippen LogP contribution in [0.2, 0.25) is 0 Å². The third-order valence-corrected chi connectivity index (χ3v) is 2.03. The van der Waals surface area contributed by atoms with Gasteiger partial charge in [-0.2, -0.15) is 0 Å². The third kappa shape index (κ3) is 2.58. The lowest BCUT2D eigenvalue weighted by Gasteiger charge is -2.05. The highest BCUT2D eigenvalue weighted by atomic mass is 16.5. The third-order valence-electron chi connectivity index (χ3n) is 2.03. The van der Waals surface area contributed by atoms with E-state index in [-0.39, 0.29) is 6.61 Å². The van der Waals surface area contributed by atoms with Crippen molar-refractivity contribution >= 4 is 0 Å². The van der Waals surface area contributed by atoms with Gasteiger partial charge in [0.2, 0.25) is 0 Å². The second kappa shape index (κ2) is 4.62. The first-order valence-corrected chi connectivity index (χ1v) is 4.72. The number of aliphatic hydroxyl groups excluding tert-OH is 1. The highest BCUT2D eigenvalue weighted by Gasteiger charge is 1.96. The Balaban J connectivity index is 2.11. The summed E-state index contributed by atoms with van der Waals surface area (Å²) in [5.41, 5.74) is 0.878. The molecule has 0 atom stereocenters. The first kappa shape index (κ1) is 9.74. The monoisotopic (exact) mass is 199 g/mol. The van der Waals surface area contributed by atoms with Gasteiger partial charge in [-0.25, -0.2) is 0 Å². The van der Waals surface area contributed by atoms with E-state index in [1.807, 2.05) is 36.4 Å². The lowest BCUT2D eigenvalue weighted by Crippen LogP contribution is -1.85. The standard InChI is InChI=1S/C13H11O2/c14-10-11-6-8-13(9-7-11)15-12-4-2-1-3-5-12/h2-9,14H,10H2. The molecular formula is C13H11O2. The molecule has 0 saturated carbocycles. The highest BCUT2D eigenvalue weighted by molar-refractivity contribution is 5.32. The fourth-order valence-corrected chi connectivity index (χ4v) is 1.24.